The van der Waals surface area contributed by atoms with Crippen molar-refractivity contribution in [1.82, 2.24) is 10.2 Å². The van der Waals surface area contributed by atoms with Gasteiger partial charge >= 0.3 is 0 Å². The Bertz CT molecular complexity index is 720. The largest absolute Gasteiger partial charge is 0.484 e. The van der Waals surface area contributed by atoms with Gasteiger partial charge in [0, 0.05) is 17.6 Å². The molecule has 0 aliphatic carbocycles. The minimum absolute atomic E-state index is 0.127. The fourth-order valence-electron chi connectivity index (χ4n) is 2.44. The summed E-state index contributed by atoms with van der Waals surface area (Å²) in [7, 11) is 0. The first-order valence-electron chi connectivity index (χ1n) is 8.50. The third-order valence-corrected chi connectivity index (χ3v) is 4.42. The molecule has 5 nitrogen and oxygen atoms in total. The molecular weight excluding hydrogens is 396 g/mol. The number of benzene rings is 2. The van der Waals surface area contributed by atoms with Crippen LogP contribution in [0.15, 0.2) is 59.1 Å². The minimum Gasteiger partial charge on any atom is -0.484 e. The molecule has 0 aliphatic heterocycles. The molecule has 2 rings (SSSR count). The van der Waals surface area contributed by atoms with Crippen LogP contribution < -0.4 is 10.1 Å². The molecule has 0 aliphatic rings. The maximum Gasteiger partial charge on any atom is 0.261 e. The summed E-state index contributed by atoms with van der Waals surface area (Å²) in [5.41, 5.74) is 0.959. The molecule has 1 unspecified atom stereocenters. The number of carbonyl (C=O) groups is 2. The van der Waals surface area contributed by atoms with Crippen molar-refractivity contribution >= 4 is 27.7 Å². The third kappa shape index (κ3) is 5.88. The second-order valence-corrected chi connectivity index (χ2v) is 6.74. The maximum absolute atomic E-state index is 12.7. The van der Waals surface area contributed by atoms with E-state index in [1.54, 1.807) is 24.0 Å². The topological polar surface area (TPSA) is 58.6 Å². The van der Waals surface area contributed by atoms with E-state index in [0.29, 0.717) is 18.8 Å². The van der Waals surface area contributed by atoms with E-state index in [-0.39, 0.29) is 18.4 Å². The predicted octanol–water partition coefficient (Wildman–Crippen LogP) is 3.38. The lowest BCUT2D eigenvalue weighted by molar-refractivity contribution is -0.142. The van der Waals surface area contributed by atoms with Gasteiger partial charge in [0.2, 0.25) is 5.91 Å². The van der Waals surface area contributed by atoms with Gasteiger partial charge in [-0.3, -0.25) is 9.59 Å². The van der Waals surface area contributed by atoms with Crippen LogP contribution in [0.3, 0.4) is 0 Å². The van der Waals surface area contributed by atoms with Crippen LogP contribution in [-0.2, 0) is 16.1 Å². The molecule has 0 fully saturated rings. The Morgan fingerprint density at radius 1 is 1.12 bits per heavy atom. The highest BCUT2D eigenvalue weighted by Gasteiger charge is 2.26. The number of likely N-dealkylation sites (N-methyl/N-ethyl adjacent to an activating group) is 1. The molecule has 1 atom stereocenters. The highest BCUT2D eigenvalue weighted by atomic mass is 79.9. The Morgan fingerprint density at radius 3 is 2.38 bits per heavy atom. The minimum atomic E-state index is -0.587. The van der Waals surface area contributed by atoms with E-state index >= 15 is 0 Å². The van der Waals surface area contributed by atoms with Gasteiger partial charge in [-0.25, -0.2) is 0 Å². The van der Waals surface area contributed by atoms with Crippen LogP contribution >= 0.6 is 15.9 Å². The van der Waals surface area contributed by atoms with Crippen LogP contribution in [0.5, 0.6) is 5.75 Å². The molecule has 0 spiro atoms. The van der Waals surface area contributed by atoms with Gasteiger partial charge in [0.25, 0.3) is 5.91 Å². The molecule has 1 N–H and O–H groups in total. The Hall–Kier alpha value is -2.34. The molecule has 2 amide bonds. The zero-order valence-corrected chi connectivity index (χ0v) is 16.5. The fourth-order valence-corrected chi connectivity index (χ4v) is 2.71. The fraction of sp³-hybridized carbons (Fsp3) is 0.300. The van der Waals surface area contributed by atoms with Crippen molar-refractivity contribution < 1.29 is 14.3 Å². The van der Waals surface area contributed by atoms with Crippen LogP contribution in [0.1, 0.15) is 19.4 Å². The lowest BCUT2D eigenvalue weighted by atomic mass is 10.1. The smallest absolute Gasteiger partial charge is 0.261 e. The Labute approximate surface area is 162 Å². The highest BCUT2D eigenvalue weighted by Crippen LogP contribution is 2.17. The SMILES string of the molecule is CCNC(=O)C(C)N(Cc1ccccc1)C(=O)COc1ccc(Br)cc1. The summed E-state index contributed by atoms with van der Waals surface area (Å²) in [5.74, 6) is 0.183. The van der Waals surface area contributed by atoms with Gasteiger partial charge in [-0.05, 0) is 43.7 Å². The van der Waals surface area contributed by atoms with Crippen LogP contribution in [0.25, 0.3) is 0 Å². The van der Waals surface area contributed by atoms with E-state index < -0.39 is 6.04 Å². The number of amides is 2. The Balaban J connectivity index is 2.09. The first-order valence-corrected chi connectivity index (χ1v) is 9.30. The summed E-state index contributed by atoms with van der Waals surface area (Å²) in [6.45, 7) is 4.32. The number of nitrogens with zero attached hydrogens (tertiary/aromatic N) is 1. The van der Waals surface area contributed by atoms with Crippen molar-refractivity contribution in [2.75, 3.05) is 13.2 Å². The molecule has 0 saturated carbocycles. The summed E-state index contributed by atoms with van der Waals surface area (Å²) >= 11 is 3.36. The molecule has 0 saturated heterocycles. The average molecular weight is 419 g/mol. The lowest BCUT2D eigenvalue weighted by Gasteiger charge is -2.28. The molecule has 0 bridgehead atoms. The number of hydrogen-bond acceptors (Lipinski definition) is 3. The maximum atomic E-state index is 12.7. The number of carbonyl (C=O) groups excluding carboxylic acids is 2. The number of nitrogens with one attached hydrogen (secondary N) is 1. The predicted molar refractivity (Wildman–Crippen MR) is 105 cm³/mol. The van der Waals surface area contributed by atoms with E-state index in [0.717, 1.165) is 10.0 Å². The normalized spacial score (nSPS) is 11.5. The van der Waals surface area contributed by atoms with Gasteiger partial charge in [-0.2, -0.15) is 0 Å². The molecule has 138 valence electrons. The van der Waals surface area contributed by atoms with E-state index in [1.807, 2.05) is 49.4 Å². The van der Waals surface area contributed by atoms with Gasteiger partial charge in [0.1, 0.15) is 11.8 Å². The van der Waals surface area contributed by atoms with Crippen molar-refractivity contribution in [3.05, 3.63) is 64.6 Å². The number of hydrogen-bond donors (Lipinski definition) is 1. The van der Waals surface area contributed by atoms with Gasteiger partial charge in [-0.1, -0.05) is 46.3 Å². The molecule has 26 heavy (non-hydrogen) atoms. The van der Waals surface area contributed by atoms with Crippen molar-refractivity contribution in [3.63, 3.8) is 0 Å². The lowest BCUT2D eigenvalue weighted by Crippen LogP contribution is -2.49. The summed E-state index contributed by atoms with van der Waals surface area (Å²) in [5, 5.41) is 2.77. The van der Waals surface area contributed by atoms with Crippen LogP contribution in [0, 0.1) is 0 Å². The summed E-state index contributed by atoms with van der Waals surface area (Å²) < 4.78 is 6.52. The van der Waals surface area contributed by atoms with Crippen molar-refractivity contribution in [2.24, 2.45) is 0 Å². The van der Waals surface area contributed by atoms with Crippen molar-refractivity contribution in [3.8, 4) is 5.75 Å². The van der Waals surface area contributed by atoms with Crippen LogP contribution in [0.2, 0.25) is 0 Å². The molecule has 2 aromatic rings. The van der Waals surface area contributed by atoms with Crippen molar-refractivity contribution in [2.45, 2.75) is 26.4 Å². The number of halogens is 1. The molecule has 0 aromatic heterocycles. The van der Waals surface area contributed by atoms with Gasteiger partial charge < -0.3 is 15.0 Å². The second kappa shape index (κ2) is 9.97. The first-order chi connectivity index (χ1) is 12.5. The van der Waals surface area contributed by atoms with E-state index in [4.69, 9.17) is 4.74 Å². The number of rotatable bonds is 8. The Kier molecular flexibility index (Phi) is 7.66. The molecule has 0 radical (unpaired) electrons. The molecule has 2 aromatic carbocycles. The molecule has 6 heteroatoms. The van der Waals surface area contributed by atoms with Gasteiger partial charge in [0.15, 0.2) is 6.61 Å². The standard InChI is InChI=1S/C20H23BrN2O3/c1-3-22-20(25)15(2)23(13-16-7-5-4-6-8-16)19(24)14-26-18-11-9-17(21)10-12-18/h4-12,15H,3,13-14H2,1-2H3,(H,22,25). The molecular formula is C20H23BrN2O3. The van der Waals surface area contributed by atoms with Crippen molar-refractivity contribution in [1.29, 1.82) is 0 Å². The van der Waals surface area contributed by atoms with E-state index in [9.17, 15) is 9.59 Å². The quantitative estimate of drug-likeness (QED) is 0.714. The number of ether oxygens (including phenoxy) is 1. The third-order valence-electron chi connectivity index (χ3n) is 3.89. The van der Waals surface area contributed by atoms with Crippen LogP contribution in [0.4, 0.5) is 0 Å². The monoisotopic (exact) mass is 418 g/mol. The summed E-state index contributed by atoms with van der Waals surface area (Å²) in [4.78, 5) is 26.5. The van der Waals surface area contributed by atoms with Gasteiger partial charge in [-0.15, -0.1) is 0 Å². The second-order valence-electron chi connectivity index (χ2n) is 5.82. The average Bonchev–Trinajstić information content (AvgIpc) is 2.66. The summed E-state index contributed by atoms with van der Waals surface area (Å²) in [6.07, 6.45) is 0. The Morgan fingerprint density at radius 2 is 1.77 bits per heavy atom. The summed E-state index contributed by atoms with van der Waals surface area (Å²) in [6, 6.07) is 16.3. The first kappa shape index (κ1) is 20.0. The van der Waals surface area contributed by atoms with E-state index in [2.05, 4.69) is 21.2 Å². The highest BCUT2D eigenvalue weighted by molar-refractivity contribution is 9.10. The zero-order chi connectivity index (χ0) is 18.9. The van der Waals surface area contributed by atoms with Crippen LogP contribution in [-0.4, -0.2) is 35.9 Å². The molecule has 0 heterocycles. The van der Waals surface area contributed by atoms with Gasteiger partial charge in [0.05, 0.1) is 0 Å². The zero-order valence-electron chi connectivity index (χ0n) is 14.9. The van der Waals surface area contributed by atoms with E-state index in [1.165, 1.54) is 0 Å².